The van der Waals surface area contributed by atoms with Gasteiger partial charge >= 0.3 is 0 Å². The molecule has 2 heterocycles. The van der Waals surface area contributed by atoms with Crippen molar-refractivity contribution in [2.75, 3.05) is 0 Å². The van der Waals surface area contributed by atoms with Crippen LogP contribution in [0.4, 0.5) is 0 Å². The van der Waals surface area contributed by atoms with Crippen molar-refractivity contribution in [2.45, 2.75) is 6.10 Å². The molecule has 0 radical (unpaired) electrons. The van der Waals surface area contributed by atoms with E-state index >= 15 is 0 Å². The van der Waals surface area contributed by atoms with Gasteiger partial charge in [-0.1, -0.05) is 18.2 Å². The standard InChI is InChI=1S/C13H10BrN3OS/c14-11-8-19-13(16-11)12(18)9-6-15-17(7-9)10-4-2-1-3-5-10/h1-8,12,18H. The van der Waals surface area contributed by atoms with Crippen molar-refractivity contribution < 1.29 is 5.11 Å². The predicted molar refractivity (Wildman–Crippen MR) is 77.4 cm³/mol. The summed E-state index contributed by atoms with van der Waals surface area (Å²) in [5.41, 5.74) is 1.69. The number of hydrogen-bond donors (Lipinski definition) is 1. The molecular formula is C13H10BrN3OS. The molecule has 19 heavy (non-hydrogen) atoms. The zero-order valence-electron chi connectivity index (χ0n) is 9.77. The van der Waals surface area contributed by atoms with Gasteiger partial charge in [0.15, 0.2) is 0 Å². The Morgan fingerprint density at radius 1 is 1.26 bits per heavy atom. The molecule has 2 aromatic heterocycles. The lowest BCUT2D eigenvalue weighted by Gasteiger charge is -2.03. The minimum atomic E-state index is -0.742. The Labute approximate surface area is 122 Å². The van der Waals surface area contributed by atoms with Gasteiger partial charge in [-0.2, -0.15) is 5.10 Å². The first kappa shape index (κ1) is 12.5. The van der Waals surface area contributed by atoms with Crippen LogP contribution in [-0.2, 0) is 0 Å². The highest BCUT2D eigenvalue weighted by Crippen LogP contribution is 2.26. The first-order valence-electron chi connectivity index (χ1n) is 5.63. The second kappa shape index (κ2) is 5.24. The van der Waals surface area contributed by atoms with Crippen molar-refractivity contribution >= 4 is 27.3 Å². The van der Waals surface area contributed by atoms with Crippen molar-refractivity contribution in [1.82, 2.24) is 14.8 Å². The molecule has 0 bridgehead atoms. The smallest absolute Gasteiger partial charge is 0.134 e. The Morgan fingerprint density at radius 2 is 2.05 bits per heavy atom. The van der Waals surface area contributed by atoms with Crippen LogP contribution in [0.3, 0.4) is 0 Å². The fourth-order valence-corrected chi connectivity index (χ4v) is 3.01. The third-order valence-corrected chi connectivity index (χ3v) is 4.27. The third-order valence-electron chi connectivity index (χ3n) is 2.67. The number of benzene rings is 1. The molecule has 6 heteroatoms. The van der Waals surface area contributed by atoms with Gasteiger partial charge in [0.25, 0.3) is 0 Å². The highest BCUT2D eigenvalue weighted by Gasteiger charge is 2.16. The molecule has 0 saturated heterocycles. The molecule has 0 aliphatic heterocycles. The van der Waals surface area contributed by atoms with E-state index in [-0.39, 0.29) is 0 Å². The van der Waals surface area contributed by atoms with E-state index in [9.17, 15) is 5.11 Å². The molecule has 0 spiro atoms. The largest absolute Gasteiger partial charge is 0.381 e. The molecule has 1 unspecified atom stereocenters. The van der Waals surface area contributed by atoms with E-state index in [0.29, 0.717) is 5.01 Å². The number of aromatic nitrogens is 3. The lowest BCUT2D eigenvalue weighted by Crippen LogP contribution is -1.98. The Kier molecular flexibility index (Phi) is 3.46. The van der Waals surface area contributed by atoms with Gasteiger partial charge in [-0.15, -0.1) is 11.3 Å². The third kappa shape index (κ3) is 2.60. The Hall–Kier alpha value is -1.50. The number of halogens is 1. The van der Waals surface area contributed by atoms with E-state index in [1.165, 1.54) is 11.3 Å². The summed E-state index contributed by atoms with van der Waals surface area (Å²) in [5.74, 6) is 0. The van der Waals surface area contributed by atoms with Gasteiger partial charge in [-0.3, -0.25) is 0 Å². The van der Waals surface area contributed by atoms with E-state index < -0.39 is 6.10 Å². The van der Waals surface area contributed by atoms with Crippen LogP contribution in [-0.4, -0.2) is 19.9 Å². The van der Waals surface area contributed by atoms with Crippen LogP contribution in [0.1, 0.15) is 16.7 Å². The van der Waals surface area contributed by atoms with Crippen molar-refractivity contribution in [3.8, 4) is 5.69 Å². The Bertz CT molecular complexity index is 680. The summed E-state index contributed by atoms with van der Waals surface area (Å²) in [7, 11) is 0. The summed E-state index contributed by atoms with van der Waals surface area (Å²) >= 11 is 4.69. The van der Waals surface area contributed by atoms with Crippen LogP contribution in [0.15, 0.2) is 52.7 Å². The fraction of sp³-hybridized carbons (Fsp3) is 0.0769. The minimum absolute atomic E-state index is 0.652. The highest BCUT2D eigenvalue weighted by atomic mass is 79.9. The normalized spacial score (nSPS) is 12.5. The van der Waals surface area contributed by atoms with E-state index in [2.05, 4.69) is 26.0 Å². The molecule has 0 fully saturated rings. The highest BCUT2D eigenvalue weighted by molar-refractivity contribution is 9.10. The first-order valence-corrected chi connectivity index (χ1v) is 7.30. The SMILES string of the molecule is OC(c1cnn(-c2ccccc2)c1)c1nc(Br)cs1. The van der Waals surface area contributed by atoms with Gasteiger partial charge < -0.3 is 5.11 Å². The summed E-state index contributed by atoms with van der Waals surface area (Å²) in [5, 5.41) is 17.0. The van der Waals surface area contributed by atoms with Gasteiger partial charge in [0, 0.05) is 17.1 Å². The van der Waals surface area contributed by atoms with Crippen molar-refractivity contribution in [1.29, 1.82) is 0 Å². The molecule has 0 aliphatic carbocycles. The summed E-state index contributed by atoms with van der Waals surface area (Å²) in [4.78, 5) is 4.22. The molecule has 1 N–H and O–H groups in total. The first-order chi connectivity index (χ1) is 9.24. The lowest BCUT2D eigenvalue weighted by atomic mass is 10.2. The zero-order chi connectivity index (χ0) is 13.2. The van der Waals surface area contributed by atoms with Gasteiger partial charge in [-0.25, -0.2) is 9.67 Å². The molecule has 1 aromatic carbocycles. The average Bonchev–Trinajstić information content (AvgIpc) is 3.08. The Balaban J connectivity index is 1.89. The number of thiazole rings is 1. The van der Waals surface area contributed by atoms with Crippen molar-refractivity contribution in [3.63, 3.8) is 0 Å². The van der Waals surface area contributed by atoms with Crippen molar-refractivity contribution in [3.05, 3.63) is 63.3 Å². The van der Waals surface area contributed by atoms with E-state index in [0.717, 1.165) is 15.9 Å². The molecular weight excluding hydrogens is 326 g/mol. The summed E-state index contributed by atoms with van der Waals surface area (Å²) in [6.45, 7) is 0. The molecule has 96 valence electrons. The summed E-state index contributed by atoms with van der Waals surface area (Å²) < 4.78 is 2.48. The maximum Gasteiger partial charge on any atom is 0.134 e. The maximum atomic E-state index is 10.2. The monoisotopic (exact) mass is 335 g/mol. The lowest BCUT2D eigenvalue weighted by molar-refractivity contribution is 0.219. The second-order valence-electron chi connectivity index (χ2n) is 3.96. The van der Waals surface area contributed by atoms with Gasteiger partial charge in [-0.05, 0) is 28.1 Å². The molecule has 1 atom stereocenters. The van der Waals surface area contributed by atoms with Crippen LogP contribution in [0.25, 0.3) is 5.69 Å². The predicted octanol–water partition coefficient (Wildman–Crippen LogP) is 3.17. The van der Waals surface area contributed by atoms with Crippen LogP contribution in [0.5, 0.6) is 0 Å². The van der Waals surface area contributed by atoms with E-state index in [1.54, 1.807) is 10.9 Å². The van der Waals surface area contributed by atoms with Crippen LogP contribution in [0, 0.1) is 0 Å². The van der Waals surface area contributed by atoms with Gasteiger partial charge in [0.1, 0.15) is 15.7 Å². The van der Waals surface area contributed by atoms with Crippen LogP contribution in [0.2, 0.25) is 0 Å². The second-order valence-corrected chi connectivity index (χ2v) is 5.67. The minimum Gasteiger partial charge on any atom is -0.381 e. The van der Waals surface area contributed by atoms with Gasteiger partial charge in [0.2, 0.25) is 0 Å². The quantitative estimate of drug-likeness (QED) is 0.799. The molecule has 0 saturated carbocycles. The van der Waals surface area contributed by atoms with E-state index in [4.69, 9.17) is 0 Å². The molecule has 3 rings (SSSR count). The van der Waals surface area contributed by atoms with E-state index in [1.807, 2.05) is 41.9 Å². The molecule has 3 aromatic rings. The fourth-order valence-electron chi connectivity index (χ4n) is 1.74. The number of nitrogens with zero attached hydrogens (tertiary/aromatic N) is 3. The van der Waals surface area contributed by atoms with Gasteiger partial charge in [0.05, 0.1) is 11.9 Å². The number of para-hydroxylation sites is 1. The number of aliphatic hydroxyl groups excluding tert-OH is 1. The topological polar surface area (TPSA) is 50.9 Å². The zero-order valence-corrected chi connectivity index (χ0v) is 12.2. The molecule has 4 nitrogen and oxygen atoms in total. The van der Waals surface area contributed by atoms with Crippen LogP contribution >= 0.6 is 27.3 Å². The maximum absolute atomic E-state index is 10.2. The number of aliphatic hydroxyl groups is 1. The van der Waals surface area contributed by atoms with Crippen LogP contribution < -0.4 is 0 Å². The van der Waals surface area contributed by atoms with Crippen molar-refractivity contribution in [2.24, 2.45) is 0 Å². The summed E-state index contributed by atoms with van der Waals surface area (Å²) in [6.07, 6.45) is 2.73. The summed E-state index contributed by atoms with van der Waals surface area (Å²) in [6, 6.07) is 9.78. The molecule has 0 amide bonds. The Morgan fingerprint density at radius 3 is 2.74 bits per heavy atom. The number of rotatable bonds is 3. The molecule has 0 aliphatic rings. The number of hydrogen-bond acceptors (Lipinski definition) is 4. The average molecular weight is 336 g/mol.